The minimum Gasteiger partial charge on any atom is -0.422 e. The molecule has 0 saturated heterocycles. The van der Waals surface area contributed by atoms with Gasteiger partial charge in [-0.15, -0.1) is 5.10 Å². The van der Waals surface area contributed by atoms with Crippen LogP contribution >= 0.6 is 15.9 Å². The molecule has 0 aliphatic rings. The molecule has 0 fully saturated rings. The number of ether oxygens (including phenoxy) is 1. The van der Waals surface area contributed by atoms with Crippen LogP contribution in [0.15, 0.2) is 28.7 Å². The SMILES string of the molecule is CCc1nnc(Oc2ccccc2Br)nc1CC. The van der Waals surface area contributed by atoms with Gasteiger partial charge in [-0.05, 0) is 40.9 Å². The van der Waals surface area contributed by atoms with Gasteiger partial charge in [0, 0.05) is 0 Å². The molecule has 0 atom stereocenters. The third-order valence-corrected chi connectivity index (χ3v) is 3.18. The van der Waals surface area contributed by atoms with Crippen LogP contribution in [0, 0.1) is 0 Å². The van der Waals surface area contributed by atoms with Crippen LogP contribution in [0.5, 0.6) is 11.8 Å². The second kappa shape index (κ2) is 5.91. The van der Waals surface area contributed by atoms with E-state index in [0.717, 1.165) is 28.7 Å². The topological polar surface area (TPSA) is 47.9 Å². The van der Waals surface area contributed by atoms with Crippen molar-refractivity contribution >= 4 is 15.9 Å². The summed E-state index contributed by atoms with van der Waals surface area (Å²) in [6, 6.07) is 7.87. The van der Waals surface area contributed by atoms with E-state index in [0.29, 0.717) is 5.75 Å². The number of benzene rings is 1. The summed E-state index contributed by atoms with van der Waals surface area (Å²) in [6.07, 6.45) is 1.66. The highest BCUT2D eigenvalue weighted by Gasteiger charge is 2.09. The van der Waals surface area contributed by atoms with Crippen molar-refractivity contribution in [2.45, 2.75) is 26.7 Å². The largest absolute Gasteiger partial charge is 0.422 e. The van der Waals surface area contributed by atoms with E-state index in [1.165, 1.54) is 0 Å². The highest BCUT2D eigenvalue weighted by molar-refractivity contribution is 9.10. The highest BCUT2D eigenvalue weighted by atomic mass is 79.9. The summed E-state index contributed by atoms with van der Waals surface area (Å²) in [4.78, 5) is 4.38. The van der Waals surface area contributed by atoms with Crippen LogP contribution in [0.2, 0.25) is 0 Å². The van der Waals surface area contributed by atoms with E-state index in [2.05, 4.69) is 31.1 Å². The summed E-state index contributed by atoms with van der Waals surface area (Å²) in [7, 11) is 0. The molecule has 0 unspecified atom stereocenters. The predicted octanol–water partition coefficient (Wildman–Crippen LogP) is 3.55. The normalized spacial score (nSPS) is 10.4. The van der Waals surface area contributed by atoms with Gasteiger partial charge in [-0.2, -0.15) is 4.98 Å². The lowest BCUT2D eigenvalue weighted by Gasteiger charge is -2.07. The van der Waals surface area contributed by atoms with Gasteiger partial charge in [0.2, 0.25) is 0 Å². The minimum atomic E-state index is 0.288. The molecule has 5 heteroatoms. The van der Waals surface area contributed by atoms with Gasteiger partial charge in [0.1, 0.15) is 5.75 Å². The predicted molar refractivity (Wildman–Crippen MR) is 72.8 cm³/mol. The summed E-state index contributed by atoms with van der Waals surface area (Å²) in [5.74, 6) is 0.686. The lowest BCUT2D eigenvalue weighted by molar-refractivity contribution is 0.426. The van der Waals surface area contributed by atoms with Crippen molar-refractivity contribution in [3.8, 4) is 11.8 Å². The first-order valence-corrected chi connectivity index (χ1v) is 6.68. The zero-order valence-corrected chi connectivity index (χ0v) is 11.9. The van der Waals surface area contributed by atoms with Crippen LogP contribution in [0.1, 0.15) is 25.2 Å². The number of nitrogens with zero attached hydrogens (tertiary/aromatic N) is 3. The monoisotopic (exact) mass is 307 g/mol. The van der Waals surface area contributed by atoms with Gasteiger partial charge in [0.25, 0.3) is 0 Å². The van der Waals surface area contributed by atoms with Crippen molar-refractivity contribution in [3.63, 3.8) is 0 Å². The molecule has 0 spiro atoms. The van der Waals surface area contributed by atoms with Crippen molar-refractivity contribution in [1.29, 1.82) is 0 Å². The molecule has 2 rings (SSSR count). The second-order valence-electron chi connectivity index (χ2n) is 3.73. The van der Waals surface area contributed by atoms with Crippen molar-refractivity contribution in [2.75, 3.05) is 0 Å². The maximum Gasteiger partial charge on any atom is 0.341 e. The molecule has 0 aliphatic heterocycles. The van der Waals surface area contributed by atoms with Crippen LogP contribution < -0.4 is 4.74 Å². The number of aryl methyl sites for hydroxylation is 2. The molecule has 2 aromatic rings. The van der Waals surface area contributed by atoms with Crippen LogP contribution in [0.25, 0.3) is 0 Å². The fourth-order valence-electron chi connectivity index (χ4n) is 1.59. The van der Waals surface area contributed by atoms with Gasteiger partial charge in [-0.3, -0.25) is 0 Å². The average Bonchev–Trinajstić information content (AvgIpc) is 2.41. The van der Waals surface area contributed by atoms with Crippen LogP contribution in [-0.2, 0) is 12.8 Å². The van der Waals surface area contributed by atoms with Crippen molar-refractivity contribution in [3.05, 3.63) is 40.1 Å². The van der Waals surface area contributed by atoms with Crippen molar-refractivity contribution in [1.82, 2.24) is 15.2 Å². The lowest BCUT2D eigenvalue weighted by Crippen LogP contribution is -2.04. The Morgan fingerprint density at radius 3 is 2.44 bits per heavy atom. The van der Waals surface area contributed by atoms with Crippen LogP contribution in [0.3, 0.4) is 0 Å². The number of hydrogen-bond acceptors (Lipinski definition) is 4. The molecule has 94 valence electrons. The van der Waals surface area contributed by atoms with E-state index < -0.39 is 0 Å². The van der Waals surface area contributed by atoms with Gasteiger partial charge in [-0.1, -0.05) is 31.1 Å². The Bertz CT molecular complexity index is 546. The van der Waals surface area contributed by atoms with E-state index in [1.807, 2.05) is 38.1 Å². The van der Waals surface area contributed by atoms with Gasteiger partial charge in [0.15, 0.2) is 0 Å². The van der Waals surface area contributed by atoms with Crippen LogP contribution in [0.4, 0.5) is 0 Å². The third kappa shape index (κ3) is 2.85. The van der Waals surface area contributed by atoms with Crippen molar-refractivity contribution < 1.29 is 4.74 Å². The molecule has 4 nitrogen and oxygen atoms in total. The summed E-state index contributed by atoms with van der Waals surface area (Å²) < 4.78 is 6.49. The van der Waals surface area contributed by atoms with Crippen LogP contribution in [-0.4, -0.2) is 15.2 Å². The fraction of sp³-hybridized carbons (Fsp3) is 0.308. The molecule has 1 aromatic carbocycles. The number of hydrogen-bond donors (Lipinski definition) is 0. The first kappa shape index (κ1) is 13.0. The smallest absolute Gasteiger partial charge is 0.341 e. The summed E-state index contributed by atoms with van der Waals surface area (Å²) in [5, 5.41) is 8.13. The Balaban J connectivity index is 2.27. The Morgan fingerprint density at radius 2 is 1.78 bits per heavy atom. The van der Waals surface area contributed by atoms with Gasteiger partial charge < -0.3 is 4.74 Å². The summed E-state index contributed by atoms with van der Waals surface area (Å²) in [6.45, 7) is 4.09. The molecular weight excluding hydrogens is 294 g/mol. The van der Waals surface area contributed by atoms with E-state index >= 15 is 0 Å². The number of halogens is 1. The standard InChI is InChI=1S/C13H14BrN3O/c1-3-10-11(4-2)16-17-13(15-10)18-12-8-6-5-7-9(12)14/h5-8H,3-4H2,1-2H3. The van der Waals surface area contributed by atoms with Gasteiger partial charge in [0.05, 0.1) is 15.9 Å². The fourth-order valence-corrected chi connectivity index (χ4v) is 1.96. The molecule has 0 aliphatic carbocycles. The summed E-state index contributed by atoms with van der Waals surface area (Å²) >= 11 is 3.42. The molecule has 0 bridgehead atoms. The van der Waals surface area contributed by atoms with E-state index in [9.17, 15) is 0 Å². The quantitative estimate of drug-likeness (QED) is 0.866. The Labute approximate surface area is 115 Å². The molecule has 1 heterocycles. The van der Waals surface area contributed by atoms with E-state index in [1.54, 1.807) is 0 Å². The Hall–Kier alpha value is -1.49. The Morgan fingerprint density at radius 1 is 1.06 bits per heavy atom. The molecule has 1 aromatic heterocycles. The van der Waals surface area contributed by atoms with Crippen molar-refractivity contribution in [2.24, 2.45) is 0 Å². The first-order chi connectivity index (χ1) is 8.74. The maximum atomic E-state index is 5.62. The lowest BCUT2D eigenvalue weighted by atomic mass is 10.2. The van der Waals surface area contributed by atoms with E-state index in [4.69, 9.17) is 4.74 Å². The third-order valence-electron chi connectivity index (χ3n) is 2.53. The Kier molecular flexibility index (Phi) is 4.25. The number of aromatic nitrogens is 3. The zero-order chi connectivity index (χ0) is 13.0. The molecular formula is C13H14BrN3O. The number of para-hydroxylation sites is 1. The molecule has 0 saturated carbocycles. The average molecular weight is 308 g/mol. The maximum absolute atomic E-state index is 5.62. The zero-order valence-electron chi connectivity index (χ0n) is 10.4. The number of rotatable bonds is 4. The molecule has 18 heavy (non-hydrogen) atoms. The minimum absolute atomic E-state index is 0.288. The molecule has 0 radical (unpaired) electrons. The van der Waals surface area contributed by atoms with Gasteiger partial charge >= 0.3 is 6.01 Å². The highest BCUT2D eigenvalue weighted by Crippen LogP contribution is 2.27. The summed E-state index contributed by atoms with van der Waals surface area (Å²) in [5.41, 5.74) is 1.87. The first-order valence-electron chi connectivity index (χ1n) is 5.89. The van der Waals surface area contributed by atoms with Gasteiger partial charge in [-0.25, -0.2) is 0 Å². The molecule has 0 amide bonds. The second-order valence-corrected chi connectivity index (χ2v) is 4.58. The molecule has 0 N–H and O–H groups in total. The van der Waals surface area contributed by atoms with E-state index in [-0.39, 0.29) is 6.01 Å².